The van der Waals surface area contributed by atoms with Crippen LogP contribution in [0.5, 0.6) is 0 Å². The molecular weight excluding hydrogens is 266 g/mol. The van der Waals surface area contributed by atoms with Crippen molar-refractivity contribution in [3.05, 3.63) is 71.8 Å². The van der Waals surface area contributed by atoms with Crippen LogP contribution in [0.4, 0.5) is 0 Å². The fourth-order valence-corrected chi connectivity index (χ4v) is 4.00. The molecule has 0 atom stereocenters. The molecule has 1 nitrogen and oxygen atoms in total. The van der Waals surface area contributed by atoms with Gasteiger partial charge in [-0.3, -0.25) is 0 Å². The van der Waals surface area contributed by atoms with Crippen LogP contribution in [-0.2, 0) is 0 Å². The van der Waals surface area contributed by atoms with Crippen molar-refractivity contribution in [2.24, 2.45) is 5.73 Å². The topological polar surface area (TPSA) is 26.0 Å². The lowest BCUT2D eigenvalue weighted by Crippen LogP contribution is -2.46. The molecule has 1 fully saturated rings. The molecule has 0 radical (unpaired) electrons. The predicted octanol–water partition coefficient (Wildman–Crippen LogP) is 5.26. The van der Waals surface area contributed by atoms with Gasteiger partial charge in [0.25, 0.3) is 0 Å². The van der Waals surface area contributed by atoms with E-state index in [9.17, 15) is 0 Å². The Balaban J connectivity index is 2.00. The molecule has 0 saturated heterocycles. The molecule has 1 heteroatoms. The van der Waals surface area contributed by atoms with E-state index in [1.807, 2.05) is 0 Å². The van der Waals surface area contributed by atoms with E-state index in [1.165, 1.54) is 43.2 Å². The highest BCUT2D eigenvalue weighted by atomic mass is 14.8. The van der Waals surface area contributed by atoms with Crippen LogP contribution in [0.15, 0.2) is 60.7 Å². The first kappa shape index (κ1) is 15.3. The summed E-state index contributed by atoms with van der Waals surface area (Å²) >= 11 is 0. The van der Waals surface area contributed by atoms with Gasteiger partial charge < -0.3 is 5.73 Å². The van der Waals surface area contributed by atoms with E-state index in [4.69, 9.17) is 5.73 Å². The molecule has 2 aromatic carbocycles. The second-order valence-corrected chi connectivity index (χ2v) is 6.76. The van der Waals surface area contributed by atoms with Crippen molar-refractivity contribution in [1.29, 1.82) is 0 Å². The van der Waals surface area contributed by atoms with Crippen molar-refractivity contribution in [2.75, 3.05) is 0 Å². The summed E-state index contributed by atoms with van der Waals surface area (Å²) in [5.41, 5.74) is 9.63. The van der Waals surface area contributed by atoms with Crippen LogP contribution in [0, 0.1) is 0 Å². The maximum absolute atomic E-state index is 7.04. The second-order valence-electron chi connectivity index (χ2n) is 6.76. The predicted molar refractivity (Wildman–Crippen MR) is 94.0 cm³/mol. The average molecular weight is 293 g/mol. The highest BCUT2D eigenvalue weighted by molar-refractivity contribution is 5.36. The van der Waals surface area contributed by atoms with Gasteiger partial charge in [0.15, 0.2) is 0 Å². The maximum Gasteiger partial charge on any atom is 0.0269 e. The zero-order chi connectivity index (χ0) is 15.3. The fourth-order valence-electron chi connectivity index (χ4n) is 4.00. The Kier molecular flexibility index (Phi) is 4.94. The van der Waals surface area contributed by atoms with Crippen LogP contribution in [-0.4, -0.2) is 5.54 Å². The van der Waals surface area contributed by atoms with Crippen LogP contribution >= 0.6 is 0 Å². The molecule has 2 aromatic rings. The van der Waals surface area contributed by atoms with Crippen molar-refractivity contribution in [2.45, 2.75) is 56.4 Å². The van der Waals surface area contributed by atoms with E-state index >= 15 is 0 Å². The summed E-state index contributed by atoms with van der Waals surface area (Å²) in [6.45, 7) is 0. The molecule has 22 heavy (non-hydrogen) atoms. The number of rotatable bonds is 3. The van der Waals surface area contributed by atoms with Gasteiger partial charge in [-0.1, -0.05) is 92.8 Å². The number of benzene rings is 2. The van der Waals surface area contributed by atoms with Gasteiger partial charge in [0, 0.05) is 11.5 Å². The van der Waals surface area contributed by atoms with E-state index in [0.717, 1.165) is 12.8 Å². The molecule has 0 heterocycles. The van der Waals surface area contributed by atoms with E-state index in [0.29, 0.717) is 5.92 Å². The third-order valence-corrected chi connectivity index (χ3v) is 5.13. The molecule has 116 valence electrons. The molecular formula is C21H27N. The monoisotopic (exact) mass is 293 g/mol. The summed E-state index contributed by atoms with van der Waals surface area (Å²) in [5, 5.41) is 0. The minimum absolute atomic E-state index is 0.122. The number of nitrogens with two attached hydrogens (primary N) is 1. The standard InChI is InChI=1S/C21H27N/c22-21(16-10-2-1-3-11-17-21)20(18-12-6-4-7-13-18)19-14-8-5-9-15-19/h4-9,12-15,20H,1-3,10-11,16-17,22H2. The Hall–Kier alpha value is -1.60. The minimum atomic E-state index is -0.122. The Labute approximate surface area is 134 Å². The molecule has 1 aliphatic carbocycles. The molecule has 1 saturated carbocycles. The molecule has 3 rings (SSSR count). The zero-order valence-electron chi connectivity index (χ0n) is 13.4. The first-order valence-corrected chi connectivity index (χ1v) is 8.68. The van der Waals surface area contributed by atoms with Crippen molar-refractivity contribution in [3.63, 3.8) is 0 Å². The Morgan fingerprint density at radius 2 is 1.05 bits per heavy atom. The lowest BCUT2D eigenvalue weighted by atomic mass is 9.69. The molecule has 0 unspecified atom stereocenters. The van der Waals surface area contributed by atoms with E-state index in [-0.39, 0.29) is 5.54 Å². The summed E-state index contributed by atoms with van der Waals surface area (Å²) in [7, 11) is 0. The third kappa shape index (κ3) is 3.41. The molecule has 0 amide bonds. The van der Waals surface area contributed by atoms with Crippen LogP contribution in [0.25, 0.3) is 0 Å². The van der Waals surface area contributed by atoms with Gasteiger partial charge in [0.05, 0.1) is 0 Å². The largest absolute Gasteiger partial charge is 0.324 e. The minimum Gasteiger partial charge on any atom is -0.324 e. The Morgan fingerprint density at radius 3 is 1.50 bits per heavy atom. The summed E-state index contributed by atoms with van der Waals surface area (Å²) in [5.74, 6) is 0.299. The first-order valence-electron chi connectivity index (χ1n) is 8.68. The smallest absolute Gasteiger partial charge is 0.0269 e. The molecule has 2 N–H and O–H groups in total. The third-order valence-electron chi connectivity index (χ3n) is 5.13. The molecule has 0 bridgehead atoms. The highest BCUT2D eigenvalue weighted by Crippen LogP contribution is 2.40. The summed E-state index contributed by atoms with van der Waals surface area (Å²) < 4.78 is 0. The van der Waals surface area contributed by atoms with Crippen molar-refractivity contribution in [1.82, 2.24) is 0 Å². The summed E-state index contributed by atoms with van der Waals surface area (Å²) in [6, 6.07) is 21.7. The van der Waals surface area contributed by atoms with Crippen LogP contribution in [0.2, 0.25) is 0 Å². The Morgan fingerprint density at radius 1 is 0.636 bits per heavy atom. The van der Waals surface area contributed by atoms with Gasteiger partial charge in [0.2, 0.25) is 0 Å². The van der Waals surface area contributed by atoms with Crippen molar-refractivity contribution < 1.29 is 0 Å². The maximum atomic E-state index is 7.04. The van der Waals surface area contributed by atoms with Crippen molar-refractivity contribution in [3.8, 4) is 0 Å². The van der Waals surface area contributed by atoms with E-state index < -0.39 is 0 Å². The fraction of sp³-hybridized carbons (Fsp3) is 0.429. The highest BCUT2D eigenvalue weighted by Gasteiger charge is 2.36. The Bertz CT molecular complexity index is 513. The lowest BCUT2D eigenvalue weighted by Gasteiger charge is -2.40. The van der Waals surface area contributed by atoms with Crippen LogP contribution in [0.1, 0.15) is 62.0 Å². The van der Waals surface area contributed by atoms with Gasteiger partial charge in [-0.15, -0.1) is 0 Å². The normalized spacial score (nSPS) is 18.6. The lowest BCUT2D eigenvalue weighted by molar-refractivity contribution is 0.286. The van der Waals surface area contributed by atoms with Crippen LogP contribution in [0.3, 0.4) is 0 Å². The quantitative estimate of drug-likeness (QED) is 0.820. The SMILES string of the molecule is NC1(C(c2ccccc2)c2ccccc2)CCCCCCC1. The van der Waals surface area contributed by atoms with E-state index in [2.05, 4.69) is 60.7 Å². The van der Waals surface area contributed by atoms with Crippen LogP contribution < -0.4 is 5.73 Å². The average Bonchev–Trinajstić information content (AvgIpc) is 2.54. The summed E-state index contributed by atoms with van der Waals surface area (Å²) in [6.07, 6.45) is 8.80. The second kappa shape index (κ2) is 7.11. The number of hydrogen-bond donors (Lipinski definition) is 1. The van der Waals surface area contributed by atoms with Gasteiger partial charge in [-0.2, -0.15) is 0 Å². The first-order chi connectivity index (χ1) is 10.8. The van der Waals surface area contributed by atoms with Crippen molar-refractivity contribution >= 4 is 0 Å². The molecule has 0 aliphatic heterocycles. The zero-order valence-corrected chi connectivity index (χ0v) is 13.4. The van der Waals surface area contributed by atoms with Gasteiger partial charge in [-0.05, 0) is 24.0 Å². The molecule has 1 aliphatic rings. The molecule has 0 aromatic heterocycles. The molecule has 0 spiro atoms. The van der Waals surface area contributed by atoms with Gasteiger partial charge >= 0.3 is 0 Å². The van der Waals surface area contributed by atoms with Gasteiger partial charge in [0.1, 0.15) is 0 Å². The number of hydrogen-bond acceptors (Lipinski definition) is 1. The van der Waals surface area contributed by atoms with E-state index in [1.54, 1.807) is 0 Å². The van der Waals surface area contributed by atoms with Gasteiger partial charge in [-0.25, -0.2) is 0 Å². The summed E-state index contributed by atoms with van der Waals surface area (Å²) in [4.78, 5) is 0.